The van der Waals surface area contributed by atoms with Gasteiger partial charge in [0.25, 0.3) is 0 Å². The van der Waals surface area contributed by atoms with E-state index in [0.717, 1.165) is 28.7 Å². The van der Waals surface area contributed by atoms with E-state index >= 15 is 0 Å². The molecule has 1 aromatic carbocycles. The van der Waals surface area contributed by atoms with Crippen LogP contribution in [0.15, 0.2) is 53.9 Å². The molecule has 0 atom stereocenters. The first kappa shape index (κ1) is 20.9. The number of nitrogens with one attached hydrogen (secondary N) is 1. The molecule has 1 aliphatic heterocycles. The van der Waals surface area contributed by atoms with E-state index in [1.54, 1.807) is 11.1 Å². The number of amides is 1. The Balaban J connectivity index is 1.49. The SMILES string of the molecule is O=C(Cn1cc(/C=N/Nc2ccc(C(F)(F)F)cn2)c2ccccc21)N1CCOCC1. The lowest BCUT2D eigenvalue weighted by atomic mass is 10.2. The number of hydrogen-bond donors (Lipinski definition) is 1. The van der Waals surface area contributed by atoms with E-state index < -0.39 is 11.7 Å². The van der Waals surface area contributed by atoms with Gasteiger partial charge in [-0.25, -0.2) is 4.98 Å². The third-order valence-electron chi connectivity index (χ3n) is 4.96. The number of halogens is 3. The molecular weight excluding hydrogens is 411 g/mol. The van der Waals surface area contributed by atoms with Gasteiger partial charge in [-0.2, -0.15) is 18.3 Å². The third-order valence-corrected chi connectivity index (χ3v) is 4.96. The predicted molar refractivity (Wildman–Crippen MR) is 110 cm³/mol. The van der Waals surface area contributed by atoms with Gasteiger partial charge in [0, 0.05) is 41.9 Å². The van der Waals surface area contributed by atoms with Crippen molar-refractivity contribution < 1.29 is 22.7 Å². The molecule has 162 valence electrons. The molecule has 31 heavy (non-hydrogen) atoms. The topological polar surface area (TPSA) is 71.8 Å². The van der Waals surface area contributed by atoms with Crippen LogP contribution in [0.1, 0.15) is 11.1 Å². The maximum absolute atomic E-state index is 12.6. The van der Waals surface area contributed by atoms with Crippen LogP contribution in [0, 0.1) is 0 Å². The Labute approximate surface area is 176 Å². The van der Waals surface area contributed by atoms with Gasteiger partial charge in [0.05, 0.1) is 25.0 Å². The molecule has 1 saturated heterocycles. The summed E-state index contributed by atoms with van der Waals surface area (Å²) in [6.45, 7) is 2.44. The van der Waals surface area contributed by atoms with Crippen LogP contribution in [0.4, 0.5) is 19.0 Å². The number of carbonyl (C=O) groups is 1. The van der Waals surface area contributed by atoms with E-state index in [4.69, 9.17) is 4.74 Å². The van der Waals surface area contributed by atoms with Crippen molar-refractivity contribution in [3.05, 3.63) is 59.9 Å². The smallest absolute Gasteiger partial charge is 0.378 e. The number of rotatable bonds is 5. The molecule has 2 aromatic heterocycles. The molecule has 1 fully saturated rings. The van der Waals surface area contributed by atoms with Gasteiger partial charge >= 0.3 is 6.18 Å². The van der Waals surface area contributed by atoms with Crippen molar-refractivity contribution in [1.29, 1.82) is 0 Å². The molecule has 3 heterocycles. The van der Waals surface area contributed by atoms with Crippen molar-refractivity contribution in [1.82, 2.24) is 14.5 Å². The molecule has 1 aliphatic rings. The van der Waals surface area contributed by atoms with Crippen molar-refractivity contribution in [2.45, 2.75) is 12.7 Å². The van der Waals surface area contributed by atoms with Gasteiger partial charge in [-0.05, 0) is 18.2 Å². The van der Waals surface area contributed by atoms with Crippen molar-refractivity contribution in [2.24, 2.45) is 5.10 Å². The highest BCUT2D eigenvalue weighted by molar-refractivity contribution is 6.00. The molecule has 0 aliphatic carbocycles. The number of fused-ring (bicyclic) bond motifs is 1. The van der Waals surface area contributed by atoms with Gasteiger partial charge in [0.15, 0.2) is 0 Å². The zero-order chi connectivity index (χ0) is 21.8. The summed E-state index contributed by atoms with van der Waals surface area (Å²) in [4.78, 5) is 18.1. The molecule has 3 aromatic rings. The summed E-state index contributed by atoms with van der Waals surface area (Å²) in [6.07, 6.45) is -0.304. The number of para-hydroxylation sites is 1. The Bertz CT molecular complexity index is 1090. The lowest BCUT2D eigenvalue weighted by Crippen LogP contribution is -2.42. The van der Waals surface area contributed by atoms with Gasteiger partial charge in [-0.15, -0.1) is 0 Å². The molecule has 0 saturated carbocycles. The van der Waals surface area contributed by atoms with Crippen LogP contribution < -0.4 is 5.43 Å². The fourth-order valence-electron chi connectivity index (χ4n) is 3.36. The van der Waals surface area contributed by atoms with E-state index in [2.05, 4.69) is 15.5 Å². The van der Waals surface area contributed by atoms with Gasteiger partial charge < -0.3 is 14.2 Å². The average Bonchev–Trinajstić information content (AvgIpc) is 3.11. The third kappa shape index (κ3) is 4.85. The summed E-state index contributed by atoms with van der Waals surface area (Å²) in [5.41, 5.74) is 3.46. The lowest BCUT2D eigenvalue weighted by Gasteiger charge is -2.27. The van der Waals surface area contributed by atoms with Gasteiger partial charge in [0.2, 0.25) is 5.91 Å². The minimum atomic E-state index is -4.44. The summed E-state index contributed by atoms with van der Waals surface area (Å²) >= 11 is 0. The normalized spacial score (nSPS) is 15.0. The maximum atomic E-state index is 12.6. The van der Waals surface area contributed by atoms with Crippen molar-refractivity contribution in [3.63, 3.8) is 0 Å². The number of morpholine rings is 1. The average molecular weight is 431 g/mol. The van der Waals surface area contributed by atoms with E-state index in [9.17, 15) is 18.0 Å². The number of hydrazone groups is 1. The number of carbonyl (C=O) groups excluding carboxylic acids is 1. The zero-order valence-electron chi connectivity index (χ0n) is 16.5. The van der Waals surface area contributed by atoms with Crippen LogP contribution in [-0.2, 0) is 22.3 Å². The van der Waals surface area contributed by atoms with E-state index in [0.29, 0.717) is 26.3 Å². The standard InChI is InChI=1S/C21H20F3N5O2/c22-21(23,24)16-5-6-19(25-12-16)27-26-11-15-13-29(18-4-2-1-3-17(15)18)14-20(30)28-7-9-31-10-8-28/h1-6,11-13H,7-10,14H2,(H,25,27)/b26-11+. The molecular formula is C21H20F3N5O2. The fraction of sp³-hybridized carbons (Fsp3) is 0.286. The molecule has 0 spiro atoms. The Hall–Kier alpha value is -3.40. The van der Waals surface area contributed by atoms with Gasteiger partial charge in [-0.1, -0.05) is 18.2 Å². The first-order valence-corrected chi connectivity index (χ1v) is 9.67. The Kier molecular flexibility index (Phi) is 5.90. The first-order valence-electron chi connectivity index (χ1n) is 9.67. The maximum Gasteiger partial charge on any atom is 0.417 e. The second-order valence-electron chi connectivity index (χ2n) is 7.02. The zero-order valence-corrected chi connectivity index (χ0v) is 16.5. The van der Waals surface area contributed by atoms with Crippen molar-refractivity contribution in [2.75, 3.05) is 31.7 Å². The number of aromatic nitrogens is 2. The number of pyridine rings is 1. The molecule has 0 radical (unpaired) electrons. The van der Waals surface area contributed by atoms with Crippen molar-refractivity contribution >= 4 is 28.8 Å². The number of alkyl halides is 3. The summed E-state index contributed by atoms with van der Waals surface area (Å²) in [6, 6.07) is 9.77. The van der Waals surface area contributed by atoms with Crippen LogP contribution in [0.2, 0.25) is 0 Å². The Morgan fingerprint density at radius 3 is 2.68 bits per heavy atom. The second kappa shape index (κ2) is 8.76. The number of hydrogen-bond acceptors (Lipinski definition) is 5. The van der Waals surface area contributed by atoms with Crippen LogP contribution in [0.25, 0.3) is 10.9 Å². The quantitative estimate of drug-likeness (QED) is 0.497. The van der Waals surface area contributed by atoms with Crippen molar-refractivity contribution in [3.8, 4) is 0 Å². The lowest BCUT2D eigenvalue weighted by molar-refractivity contribution is -0.138. The minimum Gasteiger partial charge on any atom is -0.378 e. The summed E-state index contributed by atoms with van der Waals surface area (Å²) in [5.74, 6) is 0.204. The Morgan fingerprint density at radius 2 is 1.97 bits per heavy atom. The summed E-state index contributed by atoms with van der Waals surface area (Å²) < 4.78 is 45.0. The van der Waals surface area contributed by atoms with Gasteiger partial charge in [0.1, 0.15) is 12.4 Å². The molecule has 1 amide bonds. The number of anilines is 1. The highest BCUT2D eigenvalue weighted by Gasteiger charge is 2.30. The molecule has 0 unspecified atom stereocenters. The second-order valence-corrected chi connectivity index (χ2v) is 7.02. The highest BCUT2D eigenvalue weighted by atomic mass is 19.4. The largest absolute Gasteiger partial charge is 0.417 e. The molecule has 7 nitrogen and oxygen atoms in total. The Morgan fingerprint density at radius 1 is 1.19 bits per heavy atom. The molecule has 1 N–H and O–H groups in total. The van der Waals surface area contributed by atoms with E-state index in [1.807, 2.05) is 35.0 Å². The van der Waals surface area contributed by atoms with Crippen LogP contribution >= 0.6 is 0 Å². The first-order chi connectivity index (χ1) is 14.9. The predicted octanol–water partition coefficient (Wildman–Crippen LogP) is 3.36. The molecule has 0 bridgehead atoms. The minimum absolute atomic E-state index is 0.0135. The summed E-state index contributed by atoms with van der Waals surface area (Å²) in [7, 11) is 0. The fourth-order valence-corrected chi connectivity index (χ4v) is 3.36. The van der Waals surface area contributed by atoms with Crippen LogP contribution in [0.3, 0.4) is 0 Å². The number of ether oxygens (including phenoxy) is 1. The summed E-state index contributed by atoms with van der Waals surface area (Å²) in [5, 5.41) is 5.00. The van der Waals surface area contributed by atoms with Crippen LogP contribution in [-0.4, -0.2) is 52.9 Å². The van der Waals surface area contributed by atoms with E-state index in [1.165, 1.54) is 6.07 Å². The van der Waals surface area contributed by atoms with Gasteiger partial charge in [-0.3, -0.25) is 10.2 Å². The van der Waals surface area contributed by atoms with Crippen LogP contribution in [0.5, 0.6) is 0 Å². The number of nitrogens with zero attached hydrogens (tertiary/aromatic N) is 4. The number of benzene rings is 1. The monoisotopic (exact) mass is 431 g/mol. The molecule has 10 heteroatoms. The highest BCUT2D eigenvalue weighted by Crippen LogP contribution is 2.28. The molecule has 4 rings (SSSR count). The van der Waals surface area contributed by atoms with E-state index in [-0.39, 0.29) is 18.3 Å².